The Labute approximate surface area is 153 Å². The Hall–Kier alpha value is -2.24. The van der Waals surface area contributed by atoms with Gasteiger partial charge >= 0.3 is 11.9 Å². The largest absolute Gasteiger partial charge is 0.465 e. The predicted octanol–water partition coefficient (Wildman–Crippen LogP) is 3.21. The maximum atomic E-state index is 12.9. The van der Waals surface area contributed by atoms with Gasteiger partial charge in [-0.05, 0) is 48.4 Å². The van der Waals surface area contributed by atoms with Gasteiger partial charge in [0.2, 0.25) is 6.79 Å². The maximum absolute atomic E-state index is 12.9. The second kappa shape index (κ2) is 7.98. The summed E-state index contributed by atoms with van der Waals surface area (Å²) in [6, 6.07) is 3.74. The number of rotatable bonds is 6. The van der Waals surface area contributed by atoms with Crippen LogP contribution >= 0.6 is 0 Å². The van der Waals surface area contributed by atoms with E-state index in [1.165, 1.54) is 0 Å². The molecule has 0 spiro atoms. The Morgan fingerprint density at radius 1 is 1.04 bits per heavy atom. The van der Waals surface area contributed by atoms with Crippen LogP contribution in [0.15, 0.2) is 12.1 Å². The number of fused-ring (bicyclic) bond motifs is 2. The Morgan fingerprint density at radius 3 is 2.31 bits per heavy atom. The van der Waals surface area contributed by atoms with Crippen molar-refractivity contribution >= 4 is 11.9 Å². The van der Waals surface area contributed by atoms with Gasteiger partial charge in [-0.1, -0.05) is 20.8 Å². The lowest BCUT2D eigenvalue weighted by Crippen LogP contribution is -2.39. The molecule has 26 heavy (non-hydrogen) atoms. The minimum atomic E-state index is -0.681. The highest BCUT2D eigenvalue weighted by Gasteiger charge is 2.45. The minimum absolute atomic E-state index is 0.0357. The zero-order valence-corrected chi connectivity index (χ0v) is 15.6. The monoisotopic (exact) mass is 362 g/mol. The van der Waals surface area contributed by atoms with Crippen LogP contribution in [0.1, 0.15) is 50.7 Å². The summed E-state index contributed by atoms with van der Waals surface area (Å²) in [4.78, 5) is 25.6. The summed E-state index contributed by atoms with van der Waals surface area (Å²) < 4.78 is 21.7. The van der Waals surface area contributed by atoms with Crippen molar-refractivity contribution in [2.24, 2.45) is 11.8 Å². The van der Waals surface area contributed by atoms with Crippen LogP contribution in [0.4, 0.5) is 0 Å². The van der Waals surface area contributed by atoms with E-state index in [0.717, 1.165) is 24.0 Å². The number of benzene rings is 1. The second-order valence-electron chi connectivity index (χ2n) is 6.92. The van der Waals surface area contributed by atoms with Gasteiger partial charge in [-0.3, -0.25) is 9.59 Å². The van der Waals surface area contributed by atoms with Crippen molar-refractivity contribution in [1.82, 2.24) is 0 Å². The fourth-order valence-electron chi connectivity index (χ4n) is 3.70. The van der Waals surface area contributed by atoms with Gasteiger partial charge in [-0.2, -0.15) is 0 Å². The van der Waals surface area contributed by atoms with Crippen LogP contribution in [-0.2, 0) is 25.5 Å². The first-order valence-electron chi connectivity index (χ1n) is 9.32. The van der Waals surface area contributed by atoms with Gasteiger partial charge in [-0.25, -0.2) is 0 Å². The molecule has 3 rings (SSSR count). The molecule has 142 valence electrons. The number of carbonyl (C=O) groups excluding carboxylic acids is 2. The number of hydrogen-bond acceptors (Lipinski definition) is 6. The highest BCUT2D eigenvalue weighted by Crippen LogP contribution is 2.46. The molecule has 6 nitrogen and oxygen atoms in total. The molecule has 1 heterocycles. The summed E-state index contributed by atoms with van der Waals surface area (Å²) in [7, 11) is 0. The first kappa shape index (κ1) is 18.5. The molecule has 1 aromatic carbocycles. The molecule has 1 aliphatic carbocycles. The van der Waals surface area contributed by atoms with Crippen molar-refractivity contribution in [3.05, 3.63) is 23.3 Å². The van der Waals surface area contributed by atoms with Gasteiger partial charge in [0.25, 0.3) is 0 Å². The standard InChI is InChI=1S/C20H26O6/c1-4-6-23-19(21)17-12(3)8-13-9-15-16(26-11-25-15)10-14(13)18(17)20(22)24-7-5-2/h9-10,12,17-18H,4-8,11H2,1-3H3/t12-,17+,18+/m0/s1. The Kier molecular flexibility index (Phi) is 5.69. The van der Waals surface area contributed by atoms with Gasteiger partial charge in [0.05, 0.1) is 25.0 Å². The molecule has 6 heteroatoms. The first-order valence-corrected chi connectivity index (χ1v) is 9.32. The molecule has 0 bridgehead atoms. The summed E-state index contributed by atoms with van der Waals surface area (Å²) in [6.07, 6.45) is 2.15. The Morgan fingerprint density at radius 2 is 1.65 bits per heavy atom. The Bertz CT molecular complexity index is 683. The van der Waals surface area contributed by atoms with Crippen molar-refractivity contribution in [2.75, 3.05) is 20.0 Å². The molecule has 3 atom stereocenters. The van der Waals surface area contributed by atoms with Crippen molar-refractivity contribution in [1.29, 1.82) is 0 Å². The third kappa shape index (κ3) is 3.50. The molecule has 1 aliphatic heterocycles. The predicted molar refractivity (Wildman–Crippen MR) is 94.2 cm³/mol. The number of ether oxygens (including phenoxy) is 4. The molecule has 0 saturated heterocycles. The molecular weight excluding hydrogens is 336 g/mol. The molecule has 0 N–H and O–H groups in total. The molecule has 0 unspecified atom stereocenters. The normalized spacial score (nSPS) is 23.3. The SMILES string of the molecule is CCCOC(=O)[C@H]1[C@H](C(=O)OCCC)c2cc3c(cc2C[C@@H]1C)OCO3. The minimum Gasteiger partial charge on any atom is -0.465 e. The summed E-state index contributed by atoms with van der Waals surface area (Å²) >= 11 is 0. The van der Waals surface area contributed by atoms with Gasteiger partial charge < -0.3 is 18.9 Å². The van der Waals surface area contributed by atoms with E-state index in [1.807, 2.05) is 32.9 Å². The molecule has 1 aromatic rings. The first-order chi connectivity index (χ1) is 12.6. The highest BCUT2D eigenvalue weighted by molar-refractivity contribution is 5.88. The van der Waals surface area contributed by atoms with E-state index in [1.54, 1.807) is 0 Å². The number of hydrogen-bond donors (Lipinski definition) is 0. The van der Waals surface area contributed by atoms with Crippen molar-refractivity contribution < 1.29 is 28.5 Å². The second-order valence-corrected chi connectivity index (χ2v) is 6.92. The molecule has 0 saturated carbocycles. The van der Waals surface area contributed by atoms with E-state index < -0.39 is 11.8 Å². The Balaban J connectivity index is 1.99. The fourth-order valence-corrected chi connectivity index (χ4v) is 3.70. The lowest BCUT2D eigenvalue weighted by Gasteiger charge is -2.35. The van der Waals surface area contributed by atoms with E-state index in [0.29, 0.717) is 31.1 Å². The average Bonchev–Trinajstić information content (AvgIpc) is 3.08. The molecule has 0 fully saturated rings. The maximum Gasteiger partial charge on any atom is 0.314 e. The zero-order chi connectivity index (χ0) is 18.7. The van der Waals surface area contributed by atoms with Crippen LogP contribution in [-0.4, -0.2) is 31.9 Å². The molecular formula is C20H26O6. The van der Waals surface area contributed by atoms with Crippen LogP contribution in [0.3, 0.4) is 0 Å². The van der Waals surface area contributed by atoms with Crippen LogP contribution in [0.2, 0.25) is 0 Å². The van der Waals surface area contributed by atoms with Crippen molar-refractivity contribution in [3.8, 4) is 11.5 Å². The summed E-state index contributed by atoms with van der Waals surface area (Å²) in [5.74, 6) is -0.696. The average molecular weight is 362 g/mol. The van der Waals surface area contributed by atoms with Gasteiger partial charge in [0.1, 0.15) is 0 Å². The summed E-state index contributed by atoms with van der Waals surface area (Å²) in [5.41, 5.74) is 1.78. The van der Waals surface area contributed by atoms with Crippen molar-refractivity contribution in [2.45, 2.75) is 46.0 Å². The lowest BCUT2D eigenvalue weighted by molar-refractivity contribution is -0.160. The van der Waals surface area contributed by atoms with Gasteiger partial charge in [-0.15, -0.1) is 0 Å². The van der Waals surface area contributed by atoms with E-state index in [4.69, 9.17) is 18.9 Å². The van der Waals surface area contributed by atoms with Crippen LogP contribution < -0.4 is 9.47 Å². The third-order valence-electron chi connectivity index (χ3n) is 4.91. The lowest BCUT2D eigenvalue weighted by atomic mass is 9.69. The van der Waals surface area contributed by atoms with Crippen molar-refractivity contribution in [3.63, 3.8) is 0 Å². The summed E-state index contributed by atoms with van der Waals surface area (Å²) in [5, 5.41) is 0. The number of esters is 2. The summed E-state index contributed by atoms with van der Waals surface area (Å²) in [6.45, 7) is 6.72. The molecule has 0 radical (unpaired) electrons. The molecule has 0 aromatic heterocycles. The van der Waals surface area contributed by atoms with E-state index in [9.17, 15) is 9.59 Å². The third-order valence-corrected chi connectivity index (χ3v) is 4.91. The number of carbonyl (C=O) groups is 2. The molecule has 2 aliphatic rings. The van der Waals surface area contributed by atoms with E-state index >= 15 is 0 Å². The smallest absolute Gasteiger partial charge is 0.314 e. The quantitative estimate of drug-likeness (QED) is 0.724. The van der Waals surface area contributed by atoms with Crippen LogP contribution in [0.5, 0.6) is 11.5 Å². The van der Waals surface area contributed by atoms with Crippen LogP contribution in [0.25, 0.3) is 0 Å². The topological polar surface area (TPSA) is 71.1 Å². The van der Waals surface area contributed by atoms with Crippen LogP contribution in [0, 0.1) is 11.8 Å². The van der Waals surface area contributed by atoms with E-state index in [2.05, 4.69) is 0 Å². The van der Waals surface area contributed by atoms with E-state index in [-0.39, 0.29) is 24.6 Å². The highest BCUT2D eigenvalue weighted by atomic mass is 16.7. The van der Waals surface area contributed by atoms with Gasteiger partial charge in [0, 0.05) is 0 Å². The zero-order valence-electron chi connectivity index (χ0n) is 15.6. The van der Waals surface area contributed by atoms with Gasteiger partial charge in [0.15, 0.2) is 11.5 Å². The molecule has 0 amide bonds. The fraction of sp³-hybridized carbons (Fsp3) is 0.600.